The minimum atomic E-state index is 1.11. The average Bonchev–Trinajstić information content (AvgIpc) is 3.22. The van der Waals surface area contributed by atoms with Gasteiger partial charge in [-0.25, -0.2) is 0 Å². The molecule has 6 aromatic rings. The topological polar surface area (TPSA) is 4.93 Å². The number of hydrogen-bond donors (Lipinski definition) is 0. The standard InChI is InChI=1S/C24H14BrNS/c25-15-9-12-22-20(13-15)17-5-1-3-7-21(17)26(22)16-10-11-19-18-6-2-4-8-23(18)27-24(19)14-16/h1-14H. The molecule has 2 aromatic heterocycles. The van der Waals surface area contributed by atoms with Gasteiger partial charge in [0.05, 0.1) is 11.0 Å². The van der Waals surface area contributed by atoms with Crippen molar-refractivity contribution in [2.75, 3.05) is 0 Å². The maximum atomic E-state index is 3.63. The van der Waals surface area contributed by atoms with Gasteiger partial charge < -0.3 is 4.57 Å². The fourth-order valence-corrected chi connectivity index (χ4v) is 5.58. The number of para-hydroxylation sites is 1. The number of fused-ring (bicyclic) bond motifs is 6. The van der Waals surface area contributed by atoms with Gasteiger partial charge in [0.1, 0.15) is 0 Å². The third-order valence-corrected chi connectivity index (χ3v) is 6.88. The number of halogens is 1. The zero-order valence-corrected chi connectivity index (χ0v) is 16.7. The number of rotatable bonds is 1. The van der Waals surface area contributed by atoms with Crippen LogP contribution in [0.1, 0.15) is 0 Å². The monoisotopic (exact) mass is 427 g/mol. The molecule has 0 radical (unpaired) electrons. The lowest BCUT2D eigenvalue weighted by atomic mass is 10.1. The molecule has 0 saturated heterocycles. The van der Waals surface area contributed by atoms with Crippen molar-refractivity contribution in [2.24, 2.45) is 0 Å². The summed E-state index contributed by atoms with van der Waals surface area (Å²) in [6, 6.07) is 30.7. The van der Waals surface area contributed by atoms with Crippen molar-refractivity contribution in [1.29, 1.82) is 0 Å². The molecule has 0 unspecified atom stereocenters. The lowest BCUT2D eigenvalue weighted by Crippen LogP contribution is -1.93. The van der Waals surface area contributed by atoms with E-state index in [1.807, 2.05) is 11.3 Å². The normalized spacial score (nSPS) is 11.9. The second kappa shape index (κ2) is 5.69. The van der Waals surface area contributed by atoms with Crippen LogP contribution in [0.25, 0.3) is 47.7 Å². The largest absolute Gasteiger partial charge is 0.309 e. The first-order valence-corrected chi connectivity index (χ1v) is 10.5. The summed E-state index contributed by atoms with van der Waals surface area (Å²) in [7, 11) is 0. The molecule has 0 aliphatic rings. The lowest BCUT2D eigenvalue weighted by molar-refractivity contribution is 1.19. The van der Waals surface area contributed by atoms with E-state index in [2.05, 4.69) is 105 Å². The third-order valence-electron chi connectivity index (χ3n) is 5.26. The number of hydrogen-bond acceptors (Lipinski definition) is 1. The first-order chi connectivity index (χ1) is 13.3. The smallest absolute Gasteiger partial charge is 0.0541 e. The molecular formula is C24H14BrNS. The van der Waals surface area contributed by atoms with Gasteiger partial charge in [-0.2, -0.15) is 0 Å². The van der Waals surface area contributed by atoms with Crippen molar-refractivity contribution in [3.8, 4) is 5.69 Å². The van der Waals surface area contributed by atoms with E-state index in [1.165, 1.54) is 47.7 Å². The van der Waals surface area contributed by atoms with Crippen LogP contribution in [0, 0.1) is 0 Å². The van der Waals surface area contributed by atoms with Gasteiger partial charge >= 0.3 is 0 Å². The Morgan fingerprint density at radius 2 is 1.33 bits per heavy atom. The minimum Gasteiger partial charge on any atom is -0.309 e. The van der Waals surface area contributed by atoms with E-state index >= 15 is 0 Å². The zero-order chi connectivity index (χ0) is 18.0. The molecule has 6 rings (SSSR count). The molecule has 0 amide bonds. The first-order valence-electron chi connectivity index (χ1n) is 8.90. The van der Waals surface area contributed by atoms with Gasteiger partial charge in [0, 0.05) is 41.1 Å². The fourth-order valence-electron chi connectivity index (χ4n) is 4.08. The van der Waals surface area contributed by atoms with E-state index in [0.717, 1.165) is 4.47 Å². The molecule has 3 heteroatoms. The predicted octanol–water partition coefficient (Wildman–Crippen LogP) is 7.91. The predicted molar refractivity (Wildman–Crippen MR) is 121 cm³/mol. The number of thiophene rings is 1. The summed E-state index contributed by atoms with van der Waals surface area (Å²) in [5, 5.41) is 5.24. The van der Waals surface area contributed by atoms with Crippen LogP contribution in [-0.2, 0) is 0 Å². The van der Waals surface area contributed by atoms with Crippen LogP contribution >= 0.6 is 27.3 Å². The molecule has 0 saturated carbocycles. The Kier molecular flexibility index (Phi) is 3.25. The van der Waals surface area contributed by atoms with Crippen LogP contribution in [0.5, 0.6) is 0 Å². The molecule has 0 fully saturated rings. The van der Waals surface area contributed by atoms with Crippen LogP contribution in [0.4, 0.5) is 0 Å². The van der Waals surface area contributed by atoms with E-state index in [-0.39, 0.29) is 0 Å². The highest BCUT2D eigenvalue weighted by Gasteiger charge is 2.13. The summed E-state index contributed by atoms with van der Waals surface area (Å²) < 4.78 is 6.16. The second-order valence-electron chi connectivity index (χ2n) is 6.79. The molecule has 0 bridgehead atoms. The molecule has 0 atom stereocenters. The van der Waals surface area contributed by atoms with E-state index in [9.17, 15) is 0 Å². The van der Waals surface area contributed by atoms with E-state index in [1.54, 1.807) is 0 Å². The van der Waals surface area contributed by atoms with E-state index in [4.69, 9.17) is 0 Å². The summed E-state index contributed by atoms with van der Waals surface area (Å²) in [5.74, 6) is 0. The molecule has 0 N–H and O–H groups in total. The van der Waals surface area contributed by atoms with E-state index in [0.29, 0.717) is 0 Å². The van der Waals surface area contributed by atoms with Gasteiger partial charge in [0.2, 0.25) is 0 Å². The molecule has 2 heterocycles. The molecular weight excluding hydrogens is 414 g/mol. The summed E-state index contributed by atoms with van der Waals surface area (Å²) in [4.78, 5) is 0. The molecule has 27 heavy (non-hydrogen) atoms. The Bertz CT molecular complexity index is 1490. The Labute approximate surface area is 168 Å². The SMILES string of the molecule is Brc1ccc2c(c1)c1ccccc1n2-c1ccc2c(c1)sc1ccccc12. The zero-order valence-electron chi connectivity index (χ0n) is 14.3. The van der Waals surface area contributed by atoms with Crippen LogP contribution in [0.15, 0.2) is 89.4 Å². The highest BCUT2D eigenvalue weighted by molar-refractivity contribution is 9.10. The summed E-state index contributed by atoms with van der Waals surface area (Å²) in [6.45, 7) is 0. The van der Waals surface area contributed by atoms with Crippen molar-refractivity contribution in [1.82, 2.24) is 4.57 Å². The van der Waals surface area contributed by atoms with E-state index < -0.39 is 0 Å². The Hall–Kier alpha value is -2.62. The van der Waals surface area contributed by atoms with Crippen molar-refractivity contribution < 1.29 is 0 Å². The van der Waals surface area contributed by atoms with Gasteiger partial charge in [-0.15, -0.1) is 11.3 Å². The van der Waals surface area contributed by atoms with Gasteiger partial charge in [0.15, 0.2) is 0 Å². The van der Waals surface area contributed by atoms with Crippen molar-refractivity contribution in [3.63, 3.8) is 0 Å². The van der Waals surface area contributed by atoms with Gasteiger partial charge in [0.25, 0.3) is 0 Å². The average molecular weight is 428 g/mol. The second-order valence-corrected chi connectivity index (χ2v) is 8.79. The van der Waals surface area contributed by atoms with Crippen LogP contribution < -0.4 is 0 Å². The van der Waals surface area contributed by atoms with Gasteiger partial charge in [-0.05, 0) is 42.5 Å². The fraction of sp³-hybridized carbons (Fsp3) is 0. The van der Waals surface area contributed by atoms with Gasteiger partial charge in [-0.3, -0.25) is 0 Å². The highest BCUT2D eigenvalue weighted by atomic mass is 79.9. The molecule has 128 valence electrons. The summed E-state index contributed by atoms with van der Waals surface area (Å²) in [5.41, 5.74) is 3.69. The van der Waals surface area contributed by atoms with Crippen molar-refractivity contribution in [3.05, 3.63) is 89.4 Å². The molecule has 0 spiro atoms. The van der Waals surface area contributed by atoms with Crippen LogP contribution in [0.2, 0.25) is 0 Å². The molecule has 4 aromatic carbocycles. The minimum absolute atomic E-state index is 1.11. The lowest BCUT2D eigenvalue weighted by Gasteiger charge is -2.08. The van der Waals surface area contributed by atoms with Gasteiger partial charge in [-0.1, -0.05) is 58.4 Å². The molecule has 0 aliphatic carbocycles. The number of nitrogens with zero attached hydrogens (tertiary/aromatic N) is 1. The molecule has 0 aliphatic heterocycles. The highest BCUT2D eigenvalue weighted by Crippen LogP contribution is 2.38. The Morgan fingerprint density at radius 1 is 0.593 bits per heavy atom. The Balaban J connectivity index is 1.72. The summed E-state index contributed by atoms with van der Waals surface area (Å²) >= 11 is 5.49. The van der Waals surface area contributed by atoms with Crippen molar-refractivity contribution in [2.45, 2.75) is 0 Å². The maximum absolute atomic E-state index is 3.63. The first kappa shape index (κ1) is 15.4. The van der Waals surface area contributed by atoms with Crippen LogP contribution in [0.3, 0.4) is 0 Å². The van der Waals surface area contributed by atoms with Crippen molar-refractivity contribution >= 4 is 69.2 Å². The maximum Gasteiger partial charge on any atom is 0.0541 e. The third kappa shape index (κ3) is 2.22. The quantitative estimate of drug-likeness (QED) is 0.251. The number of aromatic nitrogens is 1. The summed E-state index contributed by atoms with van der Waals surface area (Å²) in [6.07, 6.45) is 0. The van der Waals surface area contributed by atoms with Crippen LogP contribution in [-0.4, -0.2) is 4.57 Å². The number of benzene rings is 4. The Morgan fingerprint density at radius 3 is 2.26 bits per heavy atom. The molecule has 1 nitrogen and oxygen atoms in total.